The summed E-state index contributed by atoms with van der Waals surface area (Å²) in [5, 5.41) is 6.22. The van der Waals surface area contributed by atoms with Gasteiger partial charge in [0.15, 0.2) is 0 Å². The summed E-state index contributed by atoms with van der Waals surface area (Å²) in [4.78, 5) is 0. The fraction of sp³-hybridized carbons (Fsp3) is 0. The summed E-state index contributed by atoms with van der Waals surface area (Å²) in [5.41, 5.74) is 4.58. The van der Waals surface area contributed by atoms with E-state index in [2.05, 4.69) is 22.8 Å². The highest BCUT2D eigenvalue weighted by molar-refractivity contribution is 7.75. The van der Waals surface area contributed by atoms with Gasteiger partial charge in [-0.05, 0) is 0 Å². The summed E-state index contributed by atoms with van der Waals surface area (Å²) >= 11 is 3.17. The van der Waals surface area contributed by atoms with E-state index in [-0.39, 0.29) is 6.02 Å². The third-order valence-corrected chi connectivity index (χ3v) is 0.295. The maximum atomic E-state index is 6.22. The normalized spacial score (nSPS) is 6.60. The van der Waals surface area contributed by atoms with Gasteiger partial charge in [0.25, 0.3) is 6.02 Å². The molecule has 0 spiro atoms. The second-order valence-corrected chi connectivity index (χ2v) is 0.638. The molecule has 30 valence electrons. The summed E-state index contributed by atoms with van der Waals surface area (Å²) in [6, 6.07) is -0.381. The van der Waals surface area contributed by atoms with E-state index in [1.165, 1.54) is 0 Å². The largest absolute Gasteiger partial charge is 0.395 e. The second-order valence-electron chi connectivity index (χ2n) is 0.456. The fourth-order valence-corrected chi connectivity index (χ4v) is 0. The van der Waals surface area contributed by atoms with Crippen molar-refractivity contribution in [3.63, 3.8) is 0 Å². The minimum atomic E-state index is -0.381. The molecule has 0 aliphatic heterocycles. The monoisotopic (exact) mass is 92.0 g/mol. The topological polar surface area (TPSA) is 59.1 Å². The van der Waals surface area contributed by atoms with E-state index < -0.39 is 0 Å². The van der Waals surface area contributed by atoms with Crippen LogP contribution in [0.2, 0.25) is 0 Å². The first-order chi connectivity index (χ1) is 2.27. The standard InChI is InChI=1S/CH4N2OS/c2-1(3)4-5/h5H,(H3,2,3). The molecule has 3 N–H and O–H groups in total. The van der Waals surface area contributed by atoms with E-state index in [1.54, 1.807) is 0 Å². The lowest BCUT2D eigenvalue weighted by molar-refractivity contribution is 0.639. The van der Waals surface area contributed by atoms with Gasteiger partial charge in [0.2, 0.25) is 0 Å². The van der Waals surface area contributed by atoms with Gasteiger partial charge in [-0.15, -0.1) is 0 Å². The van der Waals surface area contributed by atoms with Crippen LogP contribution in [-0.2, 0) is 4.18 Å². The van der Waals surface area contributed by atoms with Crippen molar-refractivity contribution in [2.75, 3.05) is 0 Å². The van der Waals surface area contributed by atoms with Gasteiger partial charge in [-0.25, -0.2) is 0 Å². The van der Waals surface area contributed by atoms with E-state index in [0.717, 1.165) is 0 Å². The lowest BCUT2D eigenvalue weighted by Gasteiger charge is -1.82. The van der Waals surface area contributed by atoms with Crippen LogP contribution in [0.4, 0.5) is 0 Å². The highest BCUT2D eigenvalue weighted by atomic mass is 32.1. The van der Waals surface area contributed by atoms with Crippen LogP contribution in [0.1, 0.15) is 0 Å². The Labute approximate surface area is 35.2 Å². The summed E-state index contributed by atoms with van der Waals surface area (Å²) < 4.78 is 3.81. The first-order valence-electron chi connectivity index (χ1n) is 0.925. The Balaban J connectivity index is 2.85. The molecule has 3 nitrogen and oxygen atoms in total. The van der Waals surface area contributed by atoms with Crippen molar-refractivity contribution in [2.45, 2.75) is 0 Å². The summed E-state index contributed by atoms with van der Waals surface area (Å²) in [5.74, 6) is 0. The van der Waals surface area contributed by atoms with E-state index >= 15 is 0 Å². The van der Waals surface area contributed by atoms with E-state index in [0.29, 0.717) is 0 Å². The lowest BCUT2D eigenvalue weighted by Crippen LogP contribution is -2.07. The fourth-order valence-electron chi connectivity index (χ4n) is 0. The van der Waals surface area contributed by atoms with Gasteiger partial charge in [-0.2, -0.15) is 0 Å². The van der Waals surface area contributed by atoms with Crippen LogP contribution in [0, 0.1) is 5.41 Å². The van der Waals surface area contributed by atoms with Crippen molar-refractivity contribution in [1.29, 1.82) is 5.41 Å². The molecule has 0 aromatic rings. The van der Waals surface area contributed by atoms with Gasteiger partial charge < -0.3 is 9.92 Å². The van der Waals surface area contributed by atoms with Gasteiger partial charge in [0.05, 0.1) is 0 Å². The zero-order valence-electron chi connectivity index (χ0n) is 2.43. The smallest absolute Gasteiger partial charge is 0.291 e. The van der Waals surface area contributed by atoms with Gasteiger partial charge in [0.1, 0.15) is 0 Å². The Morgan fingerprint density at radius 3 is 2.20 bits per heavy atom. The van der Waals surface area contributed by atoms with E-state index in [1.807, 2.05) is 0 Å². The second kappa shape index (κ2) is 1.90. The molecule has 0 radical (unpaired) electrons. The number of amidine groups is 1. The van der Waals surface area contributed by atoms with Crippen molar-refractivity contribution in [3.05, 3.63) is 0 Å². The predicted octanol–water partition coefficient (Wildman–Crippen LogP) is -0.259. The molecule has 0 bridgehead atoms. The number of nitrogens with two attached hydrogens (primary N) is 1. The maximum absolute atomic E-state index is 6.22. The van der Waals surface area contributed by atoms with Crippen LogP contribution in [-0.4, -0.2) is 6.02 Å². The summed E-state index contributed by atoms with van der Waals surface area (Å²) in [7, 11) is 0. The third-order valence-electron chi connectivity index (χ3n) is 0.0983. The van der Waals surface area contributed by atoms with Crippen LogP contribution in [0.15, 0.2) is 0 Å². The maximum Gasteiger partial charge on any atom is 0.291 e. The van der Waals surface area contributed by atoms with Crippen LogP contribution in [0.5, 0.6) is 0 Å². The molecule has 0 fully saturated rings. The predicted molar refractivity (Wildman–Crippen MR) is 22.0 cm³/mol. The Bertz CT molecular complexity index is 44.9. The number of rotatable bonds is 0. The third kappa shape index (κ3) is 3.62. The first-order valence-corrected chi connectivity index (χ1v) is 1.29. The summed E-state index contributed by atoms with van der Waals surface area (Å²) in [6.45, 7) is 0. The van der Waals surface area contributed by atoms with Crippen LogP contribution in [0.3, 0.4) is 0 Å². The van der Waals surface area contributed by atoms with Crippen molar-refractivity contribution in [3.8, 4) is 0 Å². The average molecular weight is 92.1 g/mol. The van der Waals surface area contributed by atoms with Crippen molar-refractivity contribution < 1.29 is 4.18 Å². The molecular weight excluding hydrogens is 88.1 g/mol. The molecule has 0 heterocycles. The molecule has 0 aliphatic rings. The number of hydrogen-bond donors (Lipinski definition) is 3. The molecule has 0 amide bonds. The van der Waals surface area contributed by atoms with Crippen LogP contribution >= 0.6 is 12.9 Å². The highest BCUT2D eigenvalue weighted by Crippen LogP contribution is 1.68. The molecule has 5 heavy (non-hydrogen) atoms. The minimum absolute atomic E-state index is 0.381. The summed E-state index contributed by atoms with van der Waals surface area (Å²) in [6.07, 6.45) is 0. The molecular formula is CH4N2OS. The van der Waals surface area contributed by atoms with Crippen LogP contribution < -0.4 is 5.73 Å². The van der Waals surface area contributed by atoms with Gasteiger partial charge in [0, 0.05) is 12.9 Å². The molecule has 0 atom stereocenters. The Kier molecular flexibility index (Phi) is 1.75. The highest BCUT2D eigenvalue weighted by Gasteiger charge is 1.70. The number of nitrogens with one attached hydrogen (secondary N) is 1. The lowest BCUT2D eigenvalue weighted by atomic mass is 11.3. The minimum Gasteiger partial charge on any atom is -0.395 e. The van der Waals surface area contributed by atoms with Crippen LogP contribution in [0.25, 0.3) is 0 Å². The van der Waals surface area contributed by atoms with Crippen molar-refractivity contribution >= 4 is 18.9 Å². The molecule has 0 saturated heterocycles. The quantitative estimate of drug-likeness (QED) is 0.167. The molecule has 0 rings (SSSR count). The van der Waals surface area contributed by atoms with Crippen molar-refractivity contribution in [2.24, 2.45) is 5.73 Å². The molecule has 0 aliphatic carbocycles. The number of hydrogen-bond acceptors (Lipinski definition) is 3. The van der Waals surface area contributed by atoms with E-state index in [4.69, 9.17) is 5.41 Å². The molecule has 0 aromatic carbocycles. The first kappa shape index (κ1) is 4.62. The number of thiol groups is 1. The zero-order chi connectivity index (χ0) is 4.28. The van der Waals surface area contributed by atoms with Crippen molar-refractivity contribution in [1.82, 2.24) is 0 Å². The van der Waals surface area contributed by atoms with Gasteiger partial charge in [-0.3, -0.25) is 5.41 Å². The zero-order valence-corrected chi connectivity index (χ0v) is 3.33. The molecule has 0 aromatic heterocycles. The Morgan fingerprint density at radius 1 is 2.00 bits per heavy atom. The molecule has 0 saturated carbocycles. The average Bonchev–Trinajstić information content (AvgIpc) is 1.38. The molecule has 0 unspecified atom stereocenters. The SMILES string of the molecule is N=C(N)OS. The molecule has 4 heteroatoms. The Hall–Kier alpha value is -0.380. The van der Waals surface area contributed by atoms with Gasteiger partial charge >= 0.3 is 0 Å². The van der Waals surface area contributed by atoms with Gasteiger partial charge in [-0.1, -0.05) is 0 Å². The van der Waals surface area contributed by atoms with E-state index in [9.17, 15) is 0 Å². The Morgan fingerprint density at radius 2 is 2.20 bits per heavy atom.